The molecule has 0 spiro atoms. The van der Waals surface area contributed by atoms with E-state index in [0.29, 0.717) is 17.7 Å². The molecule has 1 amide bonds. The Kier molecular flexibility index (Phi) is 4.24. The number of piperidine rings is 1. The summed E-state index contributed by atoms with van der Waals surface area (Å²) in [6, 6.07) is 0.377. The van der Waals surface area contributed by atoms with E-state index in [2.05, 4.69) is 22.6 Å². The minimum Gasteiger partial charge on any atom is -0.337 e. The van der Waals surface area contributed by atoms with Crippen molar-refractivity contribution in [3.05, 3.63) is 11.4 Å². The predicted octanol–water partition coefficient (Wildman–Crippen LogP) is 1.38. The minimum absolute atomic E-state index is 0.0589. The highest BCUT2D eigenvalue weighted by molar-refractivity contribution is 5.93. The maximum atomic E-state index is 12.6. The third-order valence-corrected chi connectivity index (χ3v) is 4.93. The monoisotopic (exact) mass is 291 g/mol. The van der Waals surface area contributed by atoms with Crippen LogP contribution in [0.3, 0.4) is 0 Å². The number of hydrogen-bond acceptors (Lipinski definition) is 4. The van der Waals surface area contributed by atoms with Gasteiger partial charge in [0.15, 0.2) is 5.69 Å². The lowest BCUT2D eigenvalue weighted by molar-refractivity contribution is 0.0780. The third kappa shape index (κ3) is 2.81. The van der Waals surface area contributed by atoms with Crippen LogP contribution in [0, 0.1) is 12.8 Å². The summed E-state index contributed by atoms with van der Waals surface area (Å²) in [6.45, 7) is 7.92. The second-order valence-corrected chi connectivity index (χ2v) is 6.26. The fourth-order valence-electron chi connectivity index (χ4n) is 3.44. The van der Waals surface area contributed by atoms with Gasteiger partial charge in [-0.05, 0) is 45.2 Å². The smallest absolute Gasteiger partial charge is 0.276 e. The zero-order valence-electron chi connectivity index (χ0n) is 13.0. The van der Waals surface area contributed by atoms with Gasteiger partial charge in [0.25, 0.3) is 5.91 Å². The minimum atomic E-state index is 0.0589. The van der Waals surface area contributed by atoms with Crippen LogP contribution < -0.4 is 5.32 Å². The summed E-state index contributed by atoms with van der Waals surface area (Å²) in [7, 11) is 0. The normalized spacial score (nSPS) is 23.7. The molecule has 2 saturated heterocycles. The molecule has 3 rings (SSSR count). The molecule has 1 aromatic rings. The molecule has 6 nitrogen and oxygen atoms in total. The summed E-state index contributed by atoms with van der Waals surface area (Å²) in [5.74, 6) is 0.706. The van der Waals surface area contributed by atoms with E-state index in [1.54, 1.807) is 0 Å². The molecular weight excluding hydrogens is 266 g/mol. The van der Waals surface area contributed by atoms with E-state index in [1.807, 2.05) is 16.5 Å². The number of rotatable bonds is 3. The van der Waals surface area contributed by atoms with Crippen molar-refractivity contribution >= 4 is 5.91 Å². The van der Waals surface area contributed by atoms with Crippen molar-refractivity contribution in [2.24, 2.45) is 5.92 Å². The SMILES string of the molecule is CCC1CCN(C(=O)c2nnn(C3CCNCC3)c2C)C1. The molecule has 0 aromatic carbocycles. The molecule has 1 aromatic heterocycles. The Morgan fingerprint density at radius 3 is 2.76 bits per heavy atom. The standard InChI is InChI=1S/C15H25N5O/c1-3-12-6-9-19(10-12)15(21)14-11(2)20(18-17-14)13-4-7-16-8-5-13/h12-13,16H,3-10H2,1-2H3. The first-order valence-corrected chi connectivity index (χ1v) is 8.12. The van der Waals surface area contributed by atoms with E-state index >= 15 is 0 Å². The summed E-state index contributed by atoms with van der Waals surface area (Å²) in [6.07, 6.45) is 4.37. The second kappa shape index (κ2) is 6.13. The van der Waals surface area contributed by atoms with Crippen LogP contribution in [0.5, 0.6) is 0 Å². The van der Waals surface area contributed by atoms with Crippen molar-refractivity contribution in [3.63, 3.8) is 0 Å². The lowest BCUT2D eigenvalue weighted by Gasteiger charge is -2.23. The first-order valence-electron chi connectivity index (χ1n) is 8.12. The largest absolute Gasteiger partial charge is 0.337 e. The maximum Gasteiger partial charge on any atom is 0.276 e. The van der Waals surface area contributed by atoms with E-state index < -0.39 is 0 Å². The van der Waals surface area contributed by atoms with E-state index in [9.17, 15) is 4.79 Å². The number of nitrogens with zero attached hydrogens (tertiary/aromatic N) is 4. The molecule has 6 heteroatoms. The van der Waals surface area contributed by atoms with Gasteiger partial charge in [0.1, 0.15) is 0 Å². The van der Waals surface area contributed by atoms with Gasteiger partial charge in [-0.15, -0.1) is 5.10 Å². The highest BCUT2D eigenvalue weighted by Crippen LogP contribution is 2.24. The molecule has 3 heterocycles. The average molecular weight is 291 g/mol. The topological polar surface area (TPSA) is 63.1 Å². The number of hydrogen-bond donors (Lipinski definition) is 1. The van der Waals surface area contributed by atoms with Crippen molar-refractivity contribution < 1.29 is 4.79 Å². The fourth-order valence-corrected chi connectivity index (χ4v) is 3.44. The second-order valence-electron chi connectivity index (χ2n) is 6.26. The Labute approximate surface area is 125 Å². The average Bonchev–Trinajstić information content (AvgIpc) is 3.14. The van der Waals surface area contributed by atoms with E-state index in [0.717, 1.165) is 57.6 Å². The number of carbonyl (C=O) groups is 1. The van der Waals surface area contributed by atoms with Gasteiger partial charge in [-0.2, -0.15) is 0 Å². The summed E-state index contributed by atoms with van der Waals surface area (Å²) in [5.41, 5.74) is 1.47. The lowest BCUT2D eigenvalue weighted by Crippen LogP contribution is -2.31. The van der Waals surface area contributed by atoms with Crippen LogP contribution in [0.25, 0.3) is 0 Å². The van der Waals surface area contributed by atoms with E-state index in [1.165, 1.54) is 0 Å². The summed E-state index contributed by atoms with van der Waals surface area (Å²) in [5, 5.41) is 11.8. The number of nitrogens with one attached hydrogen (secondary N) is 1. The van der Waals surface area contributed by atoms with Crippen LogP contribution in [0.4, 0.5) is 0 Å². The summed E-state index contributed by atoms with van der Waals surface area (Å²) >= 11 is 0. The van der Waals surface area contributed by atoms with Gasteiger partial charge in [0.05, 0.1) is 11.7 Å². The lowest BCUT2D eigenvalue weighted by atomic mass is 10.1. The Morgan fingerprint density at radius 2 is 2.10 bits per heavy atom. The van der Waals surface area contributed by atoms with Crippen LogP contribution in [0.15, 0.2) is 0 Å². The molecule has 1 atom stereocenters. The summed E-state index contributed by atoms with van der Waals surface area (Å²) < 4.78 is 1.96. The number of aromatic nitrogens is 3. The molecule has 21 heavy (non-hydrogen) atoms. The van der Waals surface area contributed by atoms with Crippen LogP contribution in [-0.2, 0) is 0 Å². The number of likely N-dealkylation sites (tertiary alicyclic amines) is 1. The Balaban J connectivity index is 1.74. The molecule has 2 aliphatic rings. The van der Waals surface area contributed by atoms with Crippen molar-refractivity contribution in [1.29, 1.82) is 0 Å². The van der Waals surface area contributed by atoms with Crippen LogP contribution in [0.2, 0.25) is 0 Å². The molecule has 2 fully saturated rings. The summed E-state index contributed by atoms with van der Waals surface area (Å²) in [4.78, 5) is 14.6. The van der Waals surface area contributed by atoms with Gasteiger partial charge in [0, 0.05) is 13.1 Å². The maximum absolute atomic E-state index is 12.6. The molecule has 1 N–H and O–H groups in total. The molecule has 0 aliphatic carbocycles. The number of amides is 1. The Morgan fingerprint density at radius 1 is 1.33 bits per heavy atom. The first kappa shape index (κ1) is 14.5. The van der Waals surface area contributed by atoms with Crippen molar-refractivity contribution in [2.45, 2.75) is 45.6 Å². The highest BCUT2D eigenvalue weighted by Gasteiger charge is 2.30. The van der Waals surface area contributed by atoms with Crippen LogP contribution in [0.1, 0.15) is 54.8 Å². The Bertz CT molecular complexity index is 506. The predicted molar refractivity (Wildman–Crippen MR) is 80.2 cm³/mol. The highest BCUT2D eigenvalue weighted by atomic mass is 16.2. The van der Waals surface area contributed by atoms with Crippen LogP contribution >= 0.6 is 0 Å². The first-order chi connectivity index (χ1) is 10.2. The zero-order chi connectivity index (χ0) is 14.8. The molecular formula is C15H25N5O. The van der Waals surface area contributed by atoms with Gasteiger partial charge in [-0.25, -0.2) is 4.68 Å². The van der Waals surface area contributed by atoms with E-state index in [-0.39, 0.29) is 5.91 Å². The quantitative estimate of drug-likeness (QED) is 0.914. The zero-order valence-corrected chi connectivity index (χ0v) is 13.0. The van der Waals surface area contributed by atoms with Crippen molar-refractivity contribution in [2.75, 3.05) is 26.2 Å². The van der Waals surface area contributed by atoms with Gasteiger partial charge in [-0.3, -0.25) is 4.79 Å². The molecule has 0 radical (unpaired) electrons. The number of carbonyl (C=O) groups excluding carboxylic acids is 1. The van der Waals surface area contributed by atoms with E-state index in [4.69, 9.17) is 0 Å². The molecule has 1 unspecified atom stereocenters. The van der Waals surface area contributed by atoms with Gasteiger partial charge in [0.2, 0.25) is 0 Å². The van der Waals surface area contributed by atoms with Crippen LogP contribution in [-0.4, -0.2) is 52.0 Å². The van der Waals surface area contributed by atoms with Gasteiger partial charge >= 0.3 is 0 Å². The third-order valence-electron chi connectivity index (χ3n) is 4.93. The van der Waals surface area contributed by atoms with Crippen molar-refractivity contribution in [3.8, 4) is 0 Å². The van der Waals surface area contributed by atoms with Gasteiger partial charge in [-0.1, -0.05) is 18.6 Å². The molecule has 116 valence electrons. The molecule has 2 aliphatic heterocycles. The molecule has 0 saturated carbocycles. The fraction of sp³-hybridized carbons (Fsp3) is 0.800. The van der Waals surface area contributed by atoms with Gasteiger partial charge < -0.3 is 10.2 Å². The van der Waals surface area contributed by atoms with Crippen molar-refractivity contribution in [1.82, 2.24) is 25.2 Å². The molecule has 0 bridgehead atoms. The Hall–Kier alpha value is -1.43.